The van der Waals surface area contributed by atoms with Crippen molar-refractivity contribution in [1.29, 1.82) is 5.26 Å². The van der Waals surface area contributed by atoms with Crippen LogP contribution in [0.15, 0.2) is 41.6 Å². The number of pyridine rings is 1. The predicted molar refractivity (Wildman–Crippen MR) is 96.8 cm³/mol. The van der Waals surface area contributed by atoms with Gasteiger partial charge in [-0.25, -0.2) is 17.9 Å². The number of hydrogen-bond donors (Lipinski definition) is 3. The summed E-state index contributed by atoms with van der Waals surface area (Å²) in [6.45, 7) is -1.06. The van der Waals surface area contributed by atoms with Crippen LogP contribution in [-0.4, -0.2) is 49.3 Å². The number of carbonyl (C=O) groups is 1. The van der Waals surface area contributed by atoms with Crippen molar-refractivity contribution < 1.29 is 28.2 Å². The Kier molecular flexibility index (Phi) is 7.07. The van der Waals surface area contributed by atoms with Crippen LogP contribution in [0.25, 0.3) is 0 Å². The van der Waals surface area contributed by atoms with Gasteiger partial charge < -0.3 is 14.9 Å². The van der Waals surface area contributed by atoms with Crippen molar-refractivity contribution in [3.05, 3.63) is 53.3 Å². The van der Waals surface area contributed by atoms with E-state index in [1.807, 2.05) is 6.07 Å². The standard InChI is InChI=1S/C18H15N3O6S/c19-9-13-2-4-17(27-12-18(23)24)15(7-13)3-1-14-8-16(11-20-10-14)28(25,26)21-5-6-22/h2,4,7-8,10-11,21-22H,5-6,12H2,(H,23,24). The minimum atomic E-state index is -3.84. The van der Waals surface area contributed by atoms with Gasteiger partial charge in [0.1, 0.15) is 10.6 Å². The molecule has 0 bridgehead atoms. The van der Waals surface area contributed by atoms with Gasteiger partial charge in [-0.3, -0.25) is 4.98 Å². The third-order valence-corrected chi connectivity index (χ3v) is 4.66. The van der Waals surface area contributed by atoms with E-state index in [0.717, 1.165) is 6.20 Å². The van der Waals surface area contributed by atoms with Crippen molar-refractivity contribution in [1.82, 2.24) is 9.71 Å². The number of sulfonamides is 1. The number of carboxylic acid groups (broad SMARTS) is 1. The summed E-state index contributed by atoms with van der Waals surface area (Å²) in [7, 11) is -3.84. The van der Waals surface area contributed by atoms with Gasteiger partial charge in [0.25, 0.3) is 0 Å². The van der Waals surface area contributed by atoms with Gasteiger partial charge >= 0.3 is 5.97 Å². The third-order valence-electron chi connectivity index (χ3n) is 3.23. The fourth-order valence-corrected chi connectivity index (χ4v) is 3.01. The van der Waals surface area contributed by atoms with E-state index in [2.05, 4.69) is 21.5 Å². The Morgan fingerprint density at radius 1 is 1.21 bits per heavy atom. The summed E-state index contributed by atoms with van der Waals surface area (Å²) < 4.78 is 31.5. The van der Waals surface area contributed by atoms with Crippen molar-refractivity contribution in [3.8, 4) is 23.7 Å². The lowest BCUT2D eigenvalue weighted by atomic mass is 10.1. The first-order valence-electron chi connectivity index (χ1n) is 7.82. The van der Waals surface area contributed by atoms with E-state index in [1.54, 1.807) is 0 Å². The molecule has 28 heavy (non-hydrogen) atoms. The highest BCUT2D eigenvalue weighted by atomic mass is 32.2. The first-order valence-corrected chi connectivity index (χ1v) is 9.30. The van der Waals surface area contributed by atoms with Crippen LogP contribution < -0.4 is 9.46 Å². The maximum atomic E-state index is 12.1. The molecule has 10 heteroatoms. The maximum absolute atomic E-state index is 12.1. The lowest BCUT2D eigenvalue weighted by Crippen LogP contribution is -2.26. The Labute approximate surface area is 161 Å². The maximum Gasteiger partial charge on any atom is 0.341 e. The smallest absolute Gasteiger partial charge is 0.341 e. The average Bonchev–Trinajstić information content (AvgIpc) is 2.69. The molecule has 2 rings (SSSR count). The van der Waals surface area contributed by atoms with Gasteiger partial charge in [-0.15, -0.1) is 0 Å². The normalized spacial score (nSPS) is 10.4. The van der Waals surface area contributed by atoms with E-state index in [-0.39, 0.29) is 34.9 Å². The molecule has 0 unspecified atom stereocenters. The monoisotopic (exact) mass is 401 g/mol. The molecule has 0 atom stereocenters. The number of aliphatic hydroxyl groups is 1. The largest absolute Gasteiger partial charge is 0.481 e. The zero-order valence-corrected chi connectivity index (χ0v) is 15.2. The van der Waals surface area contributed by atoms with Gasteiger partial charge in [-0.1, -0.05) is 11.8 Å². The Bertz CT molecular complexity index is 1080. The zero-order chi connectivity index (χ0) is 20.6. The molecule has 0 aliphatic rings. The summed E-state index contributed by atoms with van der Waals surface area (Å²) in [5.41, 5.74) is 0.847. The Morgan fingerprint density at radius 2 is 2.00 bits per heavy atom. The molecule has 0 fully saturated rings. The number of hydrogen-bond acceptors (Lipinski definition) is 7. The quantitative estimate of drug-likeness (QED) is 0.552. The molecule has 144 valence electrons. The molecule has 0 aliphatic heterocycles. The molecule has 0 radical (unpaired) electrons. The summed E-state index contributed by atoms with van der Waals surface area (Å²) in [6, 6.07) is 7.57. The Balaban J connectivity index is 2.36. The van der Waals surface area contributed by atoms with E-state index >= 15 is 0 Å². The van der Waals surface area contributed by atoms with Crippen molar-refractivity contribution >= 4 is 16.0 Å². The fraction of sp³-hybridized carbons (Fsp3) is 0.167. The summed E-state index contributed by atoms with van der Waals surface area (Å²) >= 11 is 0. The molecular weight excluding hydrogens is 386 g/mol. The van der Waals surface area contributed by atoms with E-state index < -0.39 is 22.6 Å². The molecule has 2 aromatic rings. The predicted octanol–water partition coefficient (Wildman–Crippen LogP) is 0.0871. The molecule has 1 heterocycles. The molecule has 1 aromatic carbocycles. The molecule has 1 aromatic heterocycles. The van der Waals surface area contributed by atoms with Gasteiger partial charge in [0.15, 0.2) is 6.61 Å². The lowest BCUT2D eigenvalue weighted by Gasteiger charge is -2.06. The second-order valence-corrected chi connectivity index (χ2v) is 7.05. The highest BCUT2D eigenvalue weighted by Gasteiger charge is 2.14. The minimum Gasteiger partial charge on any atom is -0.481 e. The summed E-state index contributed by atoms with van der Waals surface area (Å²) in [5, 5.41) is 26.5. The Hall–Kier alpha value is -3.44. The van der Waals surface area contributed by atoms with Gasteiger partial charge in [0.2, 0.25) is 10.0 Å². The van der Waals surface area contributed by atoms with Gasteiger partial charge in [0, 0.05) is 24.5 Å². The number of benzene rings is 1. The molecule has 0 saturated carbocycles. The molecule has 0 spiro atoms. The minimum absolute atomic E-state index is 0.124. The number of aliphatic hydroxyl groups excluding tert-OH is 1. The number of rotatable bonds is 7. The van der Waals surface area contributed by atoms with Crippen LogP contribution in [0, 0.1) is 23.2 Å². The van der Waals surface area contributed by atoms with Crippen molar-refractivity contribution in [2.45, 2.75) is 4.90 Å². The zero-order valence-electron chi connectivity index (χ0n) is 14.4. The summed E-state index contributed by atoms with van der Waals surface area (Å²) in [5.74, 6) is 4.46. The molecule has 0 saturated heterocycles. The van der Waals surface area contributed by atoms with E-state index in [9.17, 15) is 13.2 Å². The molecule has 9 nitrogen and oxygen atoms in total. The molecule has 3 N–H and O–H groups in total. The second-order valence-electron chi connectivity index (χ2n) is 5.29. The topological polar surface area (TPSA) is 150 Å². The molecule has 0 amide bonds. The first-order chi connectivity index (χ1) is 13.4. The second kappa shape index (κ2) is 9.48. The number of nitrogens with one attached hydrogen (secondary N) is 1. The van der Waals surface area contributed by atoms with Crippen LogP contribution in [0.4, 0.5) is 0 Å². The number of ether oxygens (including phenoxy) is 1. The van der Waals surface area contributed by atoms with Gasteiger partial charge in [-0.2, -0.15) is 5.26 Å². The highest BCUT2D eigenvalue weighted by Crippen LogP contribution is 2.19. The van der Waals surface area contributed by atoms with Crippen molar-refractivity contribution in [2.24, 2.45) is 0 Å². The van der Waals surface area contributed by atoms with Crippen LogP contribution in [0.1, 0.15) is 16.7 Å². The van der Waals surface area contributed by atoms with Crippen LogP contribution >= 0.6 is 0 Å². The molecule has 0 aliphatic carbocycles. The van der Waals surface area contributed by atoms with Crippen LogP contribution in [0.5, 0.6) is 5.75 Å². The number of aliphatic carboxylic acids is 1. The SMILES string of the molecule is N#Cc1ccc(OCC(=O)O)c(C#Cc2cncc(S(=O)(=O)NCCO)c2)c1. The average molecular weight is 401 g/mol. The molecular formula is C18H15N3O6S. The van der Waals surface area contributed by atoms with E-state index in [1.165, 1.54) is 30.5 Å². The van der Waals surface area contributed by atoms with Crippen molar-refractivity contribution in [3.63, 3.8) is 0 Å². The van der Waals surface area contributed by atoms with E-state index in [4.69, 9.17) is 20.2 Å². The first kappa shape index (κ1) is 20.9. The summed E-state index contributed by atoms with van der Waals surface area (Å²) in [4.78, 5) is 14.4. The lowest BCUT2D eigenvalue weighted by molar-refractivity contribution is -0.139. The van der Waals surface area contributed by atoms with Crippen LogP contribution in [0.3, 0.4) is 0 Å². The van der Waals surface area contributed by atoms with Gasteiger partial charge in [-0.05, 0) is 24.3 Å². The third kappa shape index (κ3) is 5.79. The van der Waals surface area contributed by atoms with Crippen molar-refractivity contribution in [2.75, 3.05) is 19.8 Å². The van der Waals surface area contributed by atoms with Crippen LogP contribution in [-0.2, 0) is 14.8 Å². The number of aromatic nitrogens is 1. The fourth-order valence-electron chi connectivity index (χ4n) is 2.00. The highest BCUT2D eigenvalue weighted by molar-refractivity contribution is 7.89. The number of nitrogens with zero attached hydrogens (tertiary/aromatic N) is 2. The summed E-state index contributed by atoms with van der Waals surface area (Å²) in [6.07, 6.45) is 2.49. The van der Waals surface area contributed by atoms with E-state index in [0.29, 0.717) is 5.56 Å². The number of carboxylic acids is 1. The van der Waals surface area contributed by atoms with Crippen LogP contribution in [0.2, 0.25) is 0 Å². The number of nitriles is 1. The Morgan fingerprint density at radius 3 is 2.68 bits per heavy atom. The van der Waals surface area contributed by atoms with Gasteiger partial charge in [0.05, 0.1) is 23.8 Å².